The van der Waals surface area contributed by atoms with Crippen LogP contribution in [0.25, 0.3) is 0 Å². The Morgan fingerprint density at radius 1 is 0.438 bits per heavy atom. The van der Waals surface area contributed by atoms with Gasteiger partial charge >= 0.3 is 11.9 Å². The molecule has 12 heteroatoms. The van der Waals surface area contributed by atoms with E-state index in [9.17, 15) is 14.4 Å². The number of ether oxygens (including phenoxy) is 2. The number of hydrogen-bond acceptors (Lipinski definition) is 10. The Bertz CT molecular complexity index is 1150. The first-order chi connectivity index (χ1) is 35.8. The molecule has 0 aliphatic carbocycles. The second kappa shape index (κ2) is 57.9. The van der Waals surface area contributed by atoms with Gasteiger partial charge in [-0.25, -0.2) is 5.48 Å². The Morgan fingerprint density at radius 3 is 1.38 bits per heavy atom. The summed E-state index contributed by atoms with van der Waals surface area (Å²) in [6, 6.07) is 0. The quantitative estimate of drug-likeness (QED) is 0.0262. The van der Waals surface area contributed by atoms with E-state index >= 15 is 0 Å². The molecule has 0 aromatic rings. The second-order valence-corrected chi connectivity index (χ2v) is 21.5. The Hall–Kier alpha value is -1.83. The number of carbonyl (C=O) groups excluding carboxylic acids is 2. The number of aliphatic carboxylic acids is 1. The molecule has 0 spiro atoms. The average molecular weight is 1040 g/mol. The van der Waals surface area contributed by atoms with Gasteiger partial charge in [0.15, 0.2) is 0 Å². The fraction of sp³-hybridized carbons (Fsp3) is 0.951. The molecule has 73 heavy (non-hydrogen) atoms. The Balaban J connectivity index is 4.58. The summed E-state index contributed by atoms with van der Waals surface area (Å²) in [6.45, 7) is 17.5. The Kier molecular flexibility index (Phi) is 56.4. The molecule has 434 valence electrons. The zero-order valence-electron chi connectivity index (χ0n) is 48.7. The molecular weight excluding hydrogens is 917 g/mol. The number of unbranched alkanes of at least 4 members (excludes halogenated alkanes) is 27. The van der Waals surface area contributed by atoms with Gasteiger partial charge in [0.2, 0.25) is 5.91 Å². The van der Waals surface area contributed by atoms with Crippen LogP contribution in [-0.4, -0.2) is 122 Å². The maximum atomic E-state index is 12.8. The van der Waals surface area contributed by atoms with Crippen LogP contribution >= 0.6 is 0 Å². The van der Waals surface area contributed by atoms with Crippen molar-refractivity contribution < 1.29 is 38.9 Å². The summed E-state index contributed by atoms with van der Waals surface area (Å²) in [7, 11) is 0. The minimum absolute atomic E-state index is 0.00481. The lowest BCUT2D eigenvalue weighted by Gasteiger charge is -2.23. The first-order valence-electron chi connectivity index (χ1n) is 31.5. The van der Waals surface area contributed by atoms with Crippen LogP contribution in [0.1, 0.15) is 291 Å². The number of amides is 1. The number of rotatable bonds is 61. The molecule has 0 heterocycles. The van der Waals surface area contributed by atoms with Crippen molar-refractivity contribution in [2.45, 2.75) is 303 Å². The van der Waals surface area contributed by atoms with E-state index in [4.69, 9.17) is 24.5 Å². The number of carboxylic acids is 1. The van der Waals surface area contributed by atoms with Crippen molar-refractivity contribution in [2.24, 2.45) is 0 Å². The molecule has 0 fully saturated rings. The summed E-state index contributed by atoms with van der Waals surface area (Å²) in [5.41, 5.74) is 3.13. The van der Waals surface area contributed by atoms with Crippen molar-refractivity contribution in [3.8, 4) is 0 Å². The van der Waals surface area contributed by atoms with Crippen LogP contribution in [0.15, 0.2) is 0 Å². The molecule has 0 saturated carbocycles. The van der Waals surface area contributed by atoms with Crippen LogP contribution in [0.4, 0.5) is 0 Å². The molecule has 0 aliphatic heterocycles. The molecule has 0 aromatic carbocycles. The third kappa shape index (κ3) is 53.4. The fourth-order valence-electron chi connectivity index (χ4n) is 9.78. The molecule has 1 amide bonds. The van der Waals surface area contributed by atoms with Gasteiger partial charge in [0.25, 0.3) is 0 Å². The zero-order valence-corrected chi connectivity index (χ0v) is 48.7. The number of carbonyl (C=O) groups is 3. The van der Waals surface area contributed by atoms with Gasteiger partial charge in [-0.05, 0) is 103 Å². The van der Waals surface area contributed by atoms with Crippen molar-refractivity contribution in [2.75, 3.05) is 72.2 Å². The monoisotopic (exact) mass is 1040 g/mol. The van der Waals surface area contributed by atoms with Crippen molar-refractivity contribution in [1.29, 1.82) is 0 Å². The summed E-state index contributed by atoms with van der Waals surface area (Å²) in [6.07, 6.45) is 46.3. The molecular formula is C61H122N4O8. The smallest absolute Gasteiger partial charge is 0.306 e. The van der Waals surface area contributed by atoms with Crippen molar-refractivity contribution >= 4 is 17.8 Å². The number of aliphatic hydroxyl groups is 1. The van der Waals surface area contributed by atoms with Gasteiger partial charge in [-0.2, -0.15) is 0 Å². The number of esters is 1. The third-order valence-corrected chi connectivity index (χ3v) is 14.5. The number of hydrogen-bond donors (Lipinski definition) is 4. The van der Waals surface area contributed by atoms with Crippen LogP contribution in [0.5, 0.6) is 0 Å². The summed E-state index contributed by atoms with van der Waals surface area (Å²) in [5, 5.41) is 21.2. The molecule has 0 bridgehead atoms. The first kappa shape index (κ1) is 71.2. The molecule has 4 N–H and O–H groups in total. The van der Waals surface area contributed by atoms with Crippen LogP contribution in [-0.2, 0) is 28.7 Å². The average Bonchev–Trinajstić information content (AvgIpc) is 3.38. The van der Waals surface area contributed by atoms with Gasteiger partial charge in [0, 0.05) is 52.2 Å². The summed E-state index contributed by atoms with van der Waals surface area (Å²) >= 11 is 0. The molecule has 0 saturated heterocycles. The van der Waals surface area contributed by atoms with Crippen molar-refractivity contribution in [3.63, 3.8) is 0 Å². The maximum Gasteiger partial charge on any atom is 0.306 e. The van der Waals surface area contributed by atoms with E-state index in [1.165, 1.54) is 148 Å². The normalized spacial score (nSPS) is 12.2. The summed E-state index contributed by atoms with van der Waals surface area (Å²) in [4.78, 5) is 46.6. The number of carboxylic acid groups (broad SMARTS) is 1. The van der Waals surface area contributed by atoms with Gasteiger partial charge in [-0.1, -0.05) is 195 Å². The molecule has 1 unspecified atom stereocenters. The van der Waals surface area contributed by atoms with Gasteiger partial charge in [0.05, 0.1) is 19.1 Å². The predicted octanol–water partition coefficient (Wildman–Crippen LogP) is 14.7. The van der Waals surface area contributed by atoms with Crippen molar-refractivity contribution in [3.05, 3.63) is 0 Å². The molecule has 12 nitrogen and oxygen atoms in total. The number of nitrogens with one attached hydrogen (secondary N) is 2. The highest BCUT2D eigenvalue weighted by atomic mass is 16.6. The van der Waals surface area contributed by atoms with E-state index in [0.29, 0.717) is 32.1 Å². The van der Waals surface area contributed by atoms with E-state index < -0.39 is 5.97 Å². The van der Waals surface area contributed by atoms with Gasteiger partial charge < -0.3 is 39.6 Å². The van der Waals surface area contributed by atoms with Crippen LogP contribution < -0.4 is 10.8 Å². The highest BCUT2D eigenvalue weighted by Crippen LogP contribution is 2.19. The molecule has 0 aliphatic rings. The lowest BCUT2D eigenvalue weighted by Crippen LogP contribution is -2.37. The summed E-state index contributed by atoms with van der Waals surface area (Å²) < 4.78 is 12.1. The molecule has 0 aromatic heterocycles. The van der Waals surface area contributed by atoms with Crippen molar-refractivity contribution in [1.82, 2.24) is 20.6 Å². The number of aliphatic hydroxyl groups excluding tert-OH is 1. The van der Waals surface area contributed by atoms with Crippen LogP contribution in [0, 0.1) is 0 Å². The Labute approximate surface area is 451 Å². The SMILES string of the molecule is CCCCCCCCC(CCCCCCCC)OCCCCCCCCN(CCCCCCCO)CCNOCCC(=O)NCCN(CCCCCCCC(=O)O)CCCCCCCC(=O)OC(CC)CCC. The van der Waals surface area contributed by atoms with Gasteiger partial charge in [0.1, 0.15) is 6.10 Å². The van der Waals surface area contributed by atoms with E-state index in [1.54, 1.807) is 0 Å². The number of nitrogens with zero attached hydrogens (tertiary/aromatic N) is 2. The highest BCUT2D eigenvalue weighted by molar-refractivity contribution is 5.75. The molecule has 1 atom stereocenters. The summed E-state index contributed by atoms with van der Waals surface area (Å²) in [5.74, 6) is -0.776. The lowest BCUT2D eigenvalue weighted by atomic mass is 10.0. The van der Waals surface area contributed by atoms with Crippen LogP contribution in [0.3, 0.4) is 0 Å². The minimum atomic E-state index is -0.720. The maximum absolute atomic E-state index is 12.8. The third-order valence-electron chi connectivity index (χ3n) is 14.5. The minimum Gasteiger partial charge on any atom is -0.481 e. The van der Waals surface area contributed by atoms with Gasteiger partial charge in [-0.15, -0.1) is 0 Å². The van der Waals surface area contributed by atoms with E-state index in [-0.39, 0.29) is 31.0 Å². The highest BCUT2D eigenvalue weighted by Gasteiger charge is 2.13. The van der Waals surface area contributed by atoms with E-state index in [1.807, 2.05) is 0 Å². The predicted molar refractivity (Wildman–Crippen MR) is 306 cm³/mol. The molecule has 0 radical (unpaired) electrons. The standard InChI is InChI=1S/C61H122N4O8/c1-5-9-11-13-20-30-41-58(42-31-21-14-12-10-6-2)71-55-39-29-16-15-24-34-50-65(51-37-27-19-28-38-54-66)53-47-63-72-56-45-59(67)62-46-52-64(48-35-25-17-22-32-43-60(68)69)49-36-26-18-23-33-44-61(70)73-57(8-4)40-7-3/h57-58,63,66H,5-56H2,1-4H3,(H,62,67)(H,68,69). The lowest BCUT2D eigenvalue weighted by molar-refractivity contribution is -0.149. The fourth-order valence-corrected chi connectivity index (χ4v) is 9.78. The van der Waals surface area contributed by atoms with E-state index in [2.05, 4.69) is 48.3 Å². The zero-order chi connectivity index (χ0) is 53.3. The largest absolute Gasteiger partial charge is 0.481 e. The first-order valence-corrected chi connectivity index (χ1v) is 31.5. The van der Waals surface area contributed by atoms with Crippen LogP contribution in [0.2, 0.25) is 0 Å². The molecule has 0 rings (SSSR count). The topological polar surface area (TPSA) is 150 Å². The Morgan fingerprint density at radius 2 is 0.890 bits per heavy atom. The van der Waals surface area contributed by atoms with E-state index in [0.717, 1.165) is 149 Å². The second-order valence-electron chi connectivity index (χ2n) is 21.5. The van der Waals surface area contributed by atoms with Gasteiger partial charge in [-0.3, -0.25) is 14.4 Å². The number of hydroxylamine groups is 1.